The molecule has 0 unspecified atom stereocenters. The molecule has 2 aromatic rings. The summed E-state index contributed by atoms with van der Waals surface area (Å²) in [5.74, 6) is 1.22. The Labute approximate surface area is 127 Å². The Morgan fingerprint density at radius 2 is 1.09 bits per heavy atom. The summed E-state index contributed by atoms with van der Waals surface area (Å²) in [5, 5.41) is 0. The Kier molecular flexibility index (Phi) is 3.75. The van der Waals surface area contributed by atoms with E-state index in [0.717, 1.165) is 37.6 Å². The number of hydrogen-bond donors (Lipinski definition) is 0. The average Bonchev–Trinajstić information content (AvgIpc) is 2.45. The van der Waals surface area contributed by atoms with Crippen LogP contribution >= 0.6 is 0 Å². The molecule has 0 amide bonds. The largest absolute Gasteiger partial charge is 0.428 e. The zero-order chi connectivity index (χ0) is 15.7. The third-order valence-corrected chi connectivity index (χ3v) is 3.77. The lowest BCUT2D eigenvalue weighted by Crippen LogP contribution is -2.47. The van der Waals surface area contributed by atoms with E-state index in [-0.39, 0.29) is 11.3 Å². The summed E-state index contributed by atoms with van der Waals surface area (Å²) < 4.78 is 9.98. The Hall–Kier alpha value is -2.50. The number of hydrogen-bond acceptors (Lipinski definition) is 6. The predicted molar refractivity (Wildman–Crippen MR) is 83.9 cm³/mol. The predicted octanol–water partition coefficient (Wildman–Crippen LogP) is 1.54. The van der Waals surface area contributed by atoms with Crippen molar-refractivity contribution >= 4 is 11.4 Å². The average molecular weight is 302 g/mol. The van der Waals surface area contributed by atoms with Crippen molar-refractivity contribution in [2.45, 2.75) is 13.8 Å². The van der Waals surface area contributed by atoms with Crippen molar-refractivity contribution in [2.75, 3.05) is 36.0 Å². The molecule has 0 N–H and O–H groups in total. The topological polar surface area (TPSA) is 66.9 Å². The van der Waals surface area contributed by atoms with Crippen LogP contribution in [0.1, 0.15) is 11.5 Å². The molecular formula is C16H18N2O4. The molecule has 6 heteroatoms. The molecule has 0 bridgehead atoms. The summed E-state index contributed by atoms with van der Waals surface area (Å²) in [6.07, 6.45) is 0. The number of nitrogens with zero attached hydrogens (tertiary/aromatic N) is 2. The van der Waals surface area contributed by atoms with Crippen LogP contribution in [-0.4, -0.2) is 26.2 Å². The molecule has 0 aromatic carbocycles. The van der Waals surface area contributed by atoms with Crippen LogP contribution in [0.25, 0.3) is 0 Å². The van der Waals surface area contributed by atoms with Crippen LogP contribution in [0.4, 0.5) is 11.4 Å². The Morgan fingerprint density at radius 1 is 0.727 bits per heavy atom. The van der Waals surface area contributed by atoms with Gasteiger partial charge in [-0.25, -0.2) is 9.59 Å². The molecule has 1 aliphatic heterocycles. The lowest BCUT2D eigenvalue weighted by atomic mass is 10.2. The van der Waals surface area contributed by atoms with Gasteiger partial charge in [0.1, 0.15) is 11.5 Å². The maximum atomic E-state index is 11.5. The highest BCUT2D eigenvalue weighted by Gasteiger charge is 2.19. The highest BCUT2D eigenvalue weighted by molar-refractivity contribution is 5.51. The van der Waals surface area contributed by atoms with Crippen LogP contribution in [0.2, 0.25) is 0 Å². The highest BCUT2D eigenvalue weighted by Crippen LogP contribution is 2.20. The van der Waals surface area contributed by atoms with Crippen LogP contribution < -0.4 is 21.1 Å². The fourth-order valence-electron chi connectivity index (χ4n) is 2.76. The van der Waals surface area contributed by atoms with E-state index in [9.17, 15) is 9.59 Å². The van der Waals surface area contributed by atoms with Gasteiger partial charge in [0.15, 0.2) is 0 Å². The molecule has 1 saturated heterocycles. The molecule has 1 fully saturated rings. The Bertz CT molecular complexity index is 718. The first-order chi connectivity index (χ1) is 10.5. The standard InChI is InChI=1S/C16H18N2O4/c1-11-7-13(9-15(19)21-11)17-3-5-18(6-4-17)14-8-12(2)22-16(20)10-14/h7-10H,3-6H2,1-2H3. The van der Waals surface area contributed by atoms with Gasteiger partial charge in [-0.15, -0.1) is 0 Å². The molecule has 6 nitrogen and oxygen atoms in total. The number of anilines is 2. The summed E-state index contributed by atoms with van der Waals surface area (Å²) in [5.41, 5.74) is 1.12. The fraction of sp³-hybridized carbons (Fsp3) is 0.375. The lowest BCUT2D eigenvalue weighted by Gasteiger charge is -2.37. The van der Waals surface area contributed by atoms with Crippen molar-refractivity contribution < 1.29 is 8.83 Å². The van der Waals surface area contributed by atoms with Crippen LogP contribution in [0.15, 0.2) is 42.7 Å². The summed E-state index contributed by atoms with van der Waals surface area (Å²) in [6, 6.07) is 6.78. The van der Waals surface area contributed by atoms with Gasteiger partial charge >= 0.3 is 11.3 Å². The minimum absolute atomic E-state index is 0.325. The third-order valence-electron chi connectivity index (χ3n) is 3.77. The molecule has 0 aliphatic carbocycles. The van der Waals surface area contributed by atoms with Crippen molar-refractivity contribution in [1.82, 2.24) is 0 Å². The molecule has 3 rings (SSSR count). The smallest absolute Gasteiger partial charge is 0.337 e. The molecule has 0 spiro atoms. The normalized spacial score (nSPS) is 15.2. The summed E-state index contributed by atoms with van der Waals surface area (Å²) in [4.78, 5) is 27.2. The van der Waals surface area contributed by atoms with Crippen LogP contribution in [0.3, 0.4) is 0 Å². The van der Waals surface area contributed by atoms with Gasteiger partial charge in [-0.1, -0.05) is 0 Å². The van der Waals surface area contributed by atoms with E-state index in [2.05, 4.69) is 9.80 Å². The first kappa shape index (κ1) is 14.4. The summed E-state index contributed by atoms with van der Waals surface area (Å²) in [6.45, 7) is 6.66. The quantitative estimate of drug-likeness (QED) is 0.838. The third kappa shape index (κ3) is 3.05. The molecule has 2 aromatic heterocycles. The molecular weight excluding hydrogens is 284 g/mol. The molecule has 0 atom stereocenters. The fourth-order valence-corrected chi connectivity index (χ4v) is 2.76. The molecule has 116 valence electrons. The van der Waals surface area contributed by atoms with Crippen LogP contribution in [0, 0.1) is 13.8 Å². The molecule has 0 saturated carbocycles. The minimum Gasteiger partial charge on any atom is -0.428 e. The van der Waals surface area contributed by atoms with E-state index in [4.69, 9.17) is 8.83 Å². The summed E-state index contributed by atoms with van der Waals surface area (Å²) in [7, 11) is 0. The van der Waals surface area contributed by atoms with E-state index < -0.39 is 0 Å². The van der Waals surface area contributed by atoms with E-state index in [1.54, 1.807) is 13.8 Å². The Morgan fingerprint density at radius 3 is 1.41 bits per heavy atom. The maximum absolute atomic E-state index is 11.5. The highest BCUT2D eigenvalue weighted by atomic mass is 16.4. The number of rotatable bonds is 2. The van der Waals surface area contributed by atoms with Crippen molar-refractivity contribution in [3.63, 3.8) is 0 Å². The zero-order valence-corrected chi connectivity index (χ0v) is 12.7. The van der Waals surface area contributed by atoms with Crippen molar-refractivity contribution in [3.05, 3.63) is 56.6 Å². The number of aryl methyl sites for hydroxylation is 2. The van der Waals surface area contributed by atoms with Gasteiger partial charge in [0, 0.05) is 49.7 Å². The molecule has 1 aliphatic rings. The number of piperazine rings is 1. The van der Waals surface area contributed by atoms with Crippen molar-refractivity contribution in [3.8, 4) is 0 Å². The SMILES string of the molecule is Cc1cc(N2CCN(c3cc(C)oc(=O)c3)CC2)cc(=O)o1. The van der Waals surface area contributed by atoms with Crippen molar-refractivity contribution in [1.29, 1.82) is 0 Å². The summed E-state index contributed by atoms with van der Waals surface area (Å²) >= 11 is 0. The van der Waals surface area contributed by atoms with Crippen LogP contribution in [-0.2, 0) is 0 Å². The zero-order valence-electron chi connectivity index (χ0n) is 12.7. The minimum atomic E-state index is -0.325. The monoisotopic (exact) mass is 302 g/mol. The van der Waals surface area contributed by atoms with E-state index >= 15 is 0 Å². The van der Waals surface area contributed by atoms with E-state index in [0.29, 0.717) is 11.5 Å². The Balaban J connectivity index is 1.74. The molecule has 3 heterocycles. The van der Waals surface area contributed by atoms with Gasteiger partial charge in [-0.2, -0.15) is 0 Å². The first-order valence-electron chi connectivity index (χ1n) is 7.25. The van der Waals surface area contributed by atoms with Crippen LogP contribution in [0.5, 0.6) is 0 Å². The van der Waals surface area contributed by atoms with Gasteiger partial charge < -0.3 is 18.6 Å². The molecule has 22 heavy (non-hydrogen) atoms. The maximum Gasteiger partial charge on any atom is 0.337 e. The first-order valence-corrected chi connectivity index (χ1v) is 7.25. The van der Waals surface area contributed by atoms with E-state index in [1.807, 2.05) is 12.1 Å². The second kappa shape index (κ2) is 5.71. The second-order valence-electron chi connectivity index (χ2n) is 5.46. The van der Waals surface area contributed by atoms with E-state index in [1.165, 1.54) is 12.1 Å². The van der Waals surface area contributed by atoms with Gasteiger partial charge in [0.05, 0.1) is 0 Å². The second-order valence-corrected chi connectivity index (χ2v) is 5.46. The van der Waals surface area contributed by atoms with Gasteiger partial charge in [0.2, 0.25) is 0 Å². The van der Waals surface area contributed by atoms with Gasteiger partial charge in [-0.05, 0) is 26.0 Å². The van der Waals surface area contributed by atoms with Gasteiger partial charge in [0.25, 0.3) is 0 Å². The molecule has 0 radical (unpaired) electrons. The van der Waals surface area contributed by atoms with Crippen molar-refractivity contribution in [2.24, 2.45) is 0 Å². The lowest BCUT2D eigenvalue weighted by molar-refractivity contribution is 0.477. The van der Waals surface area contributed by atoms with Gasteiger partial charge in [-0.3, -0.25) is 0 Å².